The van der Waals surface area contributed by atoms with E-state index in [1.807, 2.05) is 22.7 Å². The van der Waals surface area contributed by atoms with Crippen molar-refractivity contribution in [1.82, 2.24) is 0 Å². The molecule has 2 aromatic heterocycles. The van der Waals surface area contributed by atoms with Crippen LogP contribution in [-0.4, -0.2) is 0 Å². The summed E-state index contributed by atoms with van der Waals surface area (Å²) in [6.45, 7) is 0. The van der Waals surface area contributed by atoms with Gasteiger partial charge in [0.05, 0.1) is 0 Å². The predicted octanol–water partition coefficient (Wildman–Crippen LogP) is 16.6. The normalized spacial score (nSPS) is 11.5. The summed E-state index contributed by atoms with van der Waals surface area (Å²) in [6, 6.07) is 77.3. The summed E-state index contributed by atoms with van der Waals surface area (Å²) in [5.41, 5.74) is 13.0. The number of rotatable bonds is 7. The second-order valence-electron chi connectivity index (χ2n) is 14.5. The van der Waals surface area contributed by atoms with E-state index in [9.17, 15) is 0 Å². The molecule has 0 radical (unpaired) electrons. The van der Waals surface area contributed by atoms with E-state index < -0.39 is 0 Å². The smallest absolute Gasteiger partial charge is 0.0467 e. The molecule has 0 aliphatic rings. The summed E-state index contributed by atoms with van der Waals surface area (Å²) in [5, 5.41) is 5.41. The van der Waals surface area contributed by atoms with Crippen LogP contribution in [0.25, 0.3) is 84.9 Å². The molecule has 1 nitrogen and oxygen atoms in total. The van der Waals surface area contributed by atoms with Crippen molar-refractivity contribution in [3.8, 4) is 44.5 Å². The van der Waals surface area contributed by atoms with Crippen LogP contribution in [0, 0.1) is 0 Å². The van der Waals surface area contributed by atoms with Crippen molar-refractivity contribution in [2.45, 2.75) is 0 Å². The number of hydrogen-bond acceptors (Lipinski definition) is 3. The zero-order valence-corrected chi connectivity index (χ0v) is 32.6. The van der Waals surface area contributed by atoms with E-state index >= 15 is 0 Å². The fourth-order valence-corrected chi connectivity index (χ4v) is 10.8. The van der Waals surface area contributed by atoms with Gasteiger partial charge in [-0.25, -0.2) is 0 Å². The number of thiophene rings is 2. The first-order valence-corrected chi connectivity index (χ1v) is 21.0. The molecule has 0 amide bonds. The highest BCUT2D eigenvalue weighted by Crippen LogP contribution is 2.47. The Morgan fingerprint density at radius 2 is 0.807 bits per heavy atom. The monoisotopic (exact) mass is 761 g/mol. The van der Waals surface area contributed by atoms with E-state index in [1.54, 1.807) is 0 Å². The Kier molecular flexibility index (Phi) is 8.28. The first-order valence-electron chi connectivity index (χ1n) is 19.3. The van der Waals surface area contributed by atoms with Gasteiger partial charge in [0, 0.05) is 57.4 Å². The summed E-state index contributed by atoms with van der Waals surface area (Å²) >= 11 is 3.81. The maximum atomic E-state index is 2.37. The highest BCUT2D eigenvalue weighted by atomic mass is 32.1. The highest BCUT2D eigenvalue weighted by Gasteiger charge is 2.18. The molecule has 0 unspecified atom stereocenters. The van der Waals surface area contributed by atoms with Gasteiger partial charge >= 0.3 is 0 Å². The van der Waals surface area contributed by atoms with Gasteiger partial charge in [0.15, 0.2) is 0 Å². The molecule has 0 bridgehead atoms. The van der Waals surface area contributed by atoms with Crippen LogP contribution in [0.5, 0.6) is 0 Å². The van der Waals surface area contributed by atoms with Crippen molar-refractivity contribution in [3.05, 3.63) is 212 Å². The van der Waals surface area contributed by atoms with Crippen LogP contribution in [0.4, 0.5) is 17.1 Å². The van der Waals surface area contributed by atoms with Crippen LogP contribution in [0.3, 0.4) is 0 Å². The van der Waals surface area contributed by atoms with Crippen LogP contribution < -0.4 is 4.90 Å². The van der Waals surface area contributed by atoms with Crippen LogP contribution in [-0.2, 0) is 0 Å². The van der Waals surface area contributed by atoms with Gasteiger partial charge in [-0.1, -0.05) is 152 Å². The van der Waals surface area contributed by atoms with Gasteiger partial charge < -0.3 is 4.90 Å². The number of benzene rings is 9. The lowest BCUT2D eigenvalue weighted by atomic mass is 9.95. The van der Waals surface area contributed by atoms with Crippen molar-refractivity contribution in [2.24, 2.45) is 0 Å². The lowest BCUT2D eigenvalue weighted by Crippen LogP contribution is -2.10. The molecule has 0 saturated heterocycles. The van der Waals surface area contributed by atoms with Crippen LogP contribution in [0.1, 0.15) is 0 Å². The van der Waals surface area contributed by atoms with Gasteiger partial charge in [0.2, 0.25) is 0 Å². The number of nitrogens with zero attached hydrogens (tertiary/aromatic N) is 1. The third-order valence-electron chi connectivity index (χ3n) is 11.1. The maximum absolute atomic E-state index is 2.37. The summed E-state index contributed by atoms with van der Waals surface area (Å²) in [4.78, 5) is 2.37. The molecule has 0 atom stereocenters. The van der Waals surface area contributed by atoms with Crippen LogP contribution in [0.15, 0.2) is 212 Å². The van der Waals surface area contributed by atoms with Crippen molar-refractivity contribution in [2.75, 3.05) is 4.90 Å². The summed E-state index contributed by atoms with van der Waals surface area (Å²) in [6.07, 6.45) is 0. The second kappa shape index (κ2) is 14.1. The fourth-order valence-electron chi connectivity index (χ4n) is 8.33. The Balaban J connectivity index is 1.01. The van der Waals surface area contributed by atoms with Crippen LogP contribution in [0.2, 0.25) is 0 Å². The molecule has 0 aliphatic carbocycles. The molecular formula is C54H35NS2. The molecule has 11 rings (SSSR count). The van der Waals surface area contributed by atoms with E-state index in [4.69, 9.17) is 0 Å². The minimum atomic E-state index is 1.11. The number of anilines is 3. The zero-order valence-electron chi connectivity index (χ0n) is 31.0. The molecule has 9 aromatic carbocycles. The molecule has 0 spiro atoms. The summed E-state index contributed by atoms with van der Waals surface area (Å²) < 4.78 is 5.39. The van der Waals surface area contributed by atoms with Crippen molar-refractivity contribution < 1.29 is 0 Å². The fraction of sp³-hybridized carbons (Fsp3) is 0. The quantitative estimate of drug-likeness (QED) is 0.156. The van der Waals surface area contributed by atoms with Gasteiger partial charge in [0.25, 0.3) is 0 Å². The second-order valence-corrected chi connectivity index (χ2v) is 16.6. The topological polar surface area (TPSA) is 3.24 Å². The summed E-state index contributed by atoms with van der Waals surface area (Å²) in [5.74, 6) is 0. The van der Waals surface area contributed by atoms with Crippen molar-refractivity contribution in [3.63, 3.8) is 0 Å². The van der Waals surface area contributed by atoms with Gasteiger partial charge in [-0.3, -0.25) is 0 Å². The minimum absolute atomic E-state index is 1.11. The third kappa shape index (κ3) is 6.00. The molecule has 3 heteroatoms. The number of fused-ring (bicyclic) bond motifs is 7. The zero-order chi connectivity index (χ0) is 37.7. The predicted molar refractivity (Wildman–Crippen MR) is 249 cm³/mol. The van der Waals surface area contributed by atoms with E-state index in [-0.39, 0.29) is 0 Å². The molecule has 0 saturated carbocycles. The SMILES string of the molecule is c1ccc(-c2ccc(N(c3ccc(-c4ccccc4)cc3)c3cccc(-c4cccc(-c5cccc6sc7ccc8c9ccccc9sc8c7c56)c4)c3)cc2)cc1. The maximum Gasteiger partial charge on any atom is 0.0467 e. The molecule has 11 aromatic rings. The molecule has 2 heterocycles. The van der Waals surface area contributed by atoms with E-state index in [2.05, 4.69) is 217 Å². The van der Waals surface area contributed by atoms with E-state index in [0.29, 0.717) is 0 Å². The number of hydrogen-bond donors (Lipinski definition) is 0. The van der Waals surface area contributed by atoms with Crippen LogP contribution >= 0.6 is 22.7 Å². The molecule has 0 aliphatic heterocycles. The summed E-state index contributed by atoms with van der Waals surface area (Å²) in [7, 11) is 0. The van der Waals surface area contributed by atoms with Crippen molar-refractivity contribution in [1.29, 1.82) is 0 Å². The van der Waals surface area contributed by atoms with E-state index in [1.165, 1.54) is 84.9 Å². The van der Waals surface area contributed by atoms with Crippen molar-refractivity contribution >= 4 is 80.1 Å². The average molecular weight is 762 g/mol. The molecule has 57 heavy (non-hydrogen) atoms. The first kappa shape index (κ1) is 33.5. The Morgan fingerprint density at radius 1 is 0.281 bits per heavy atom. The van der Waals surface area contributed by atoms with Gasteiger partial charge in [-0.05, 0) is 105 Å². The Bertz CT molecular complexity index is 3130. The van der Waals surface area contributed by atoms with Gasteiger partial charge in [0.1, 0.15) is 0 Å². The lowest BCUT2D eigenvalue weighted by Gasteiger charge is -2.26. The third-order valence-corrected chi connectivity index (χ3v) is 13.4. The lowest BCUT2D eigenvalue weighted by molar-refractivity contribution is 1.28. The molecule has 0 N–H and O–H groups in total. The Labute approximate surface area is 340 Å². The average Bonchev–Trinajstić information content (AvgIpc) is 3.87. The Morgan fingerprint density at radius 3 is 1.51 bits per heavy atom. The largest absolute Gasteiger partial charge is 0.310 e. The molecule has 268 valence electrons. The van der Waals surface area contributed by atoms with E-state index in [0.717, 1.165) is 17.1 Å². The highest BCUT2D eigenvalue weighted by molar-refractivity contribution is 7.29. The molecular weight excluding hydrogens is 727 g/mol. The Hall–Kier alpha value is -6.78. The standard InChI is InChI=1S/C54H35NS2/c1-3-12-36(13-4-1)38-24-28-43(29-25-38)55(44-30-26-39(27-31-44)37-14-5-2-6-15-37)45-19-10-17-41(35-45)40-16-9-18-42(34-40)46-21-11-23-50-52(46)53-51(56-50)33-32-48-47-20-7-8-22-49(47)57-54(48)53/h1-35H. The first-order chi connectivity index (χ1) is 28.2. The van der Waals surface area contributed by atoms with Gasteiger partial charge in [-0.2, -0.15) is 0 Å². The minimum Gasteiger partial charge on any atom is -0.310 e. The van der Waals surface area contributed by atoms with Gasteiger partial charge in [-0.15, -0.1) is 22.7 Å². The molecule has 0 fully saturated rings.